The van der Waals surface area contributed by atoms with Crippen LogP contribution < -0.4 is 5.32 Å². The molecule has 0 heterocycles. The van der Waals surface area contributed by atoms with Crippen molar-refractivity contribution in [1.82, 2.24) is 10.2 Å². The molecule has 1 fully saturated rings. The van der Waals surface area contributed by atoms with Crippen LogP contribution in [0.5, 0.6) is 0 Å². The lowest BCUT2D eigenvalue weighted by Gasteiger charge is -2.43. The van der Waals surface area contributed by atoms with Gasteiger partial charge in [-0.25, -0.2) is 0 Å². The summed E-state index contributed by atoms with van der Waals surface area (Å²) in [4.78, 5) is 1.56. The van der Waals surface area contributed by atoms with Gasteiger partial charge < -0.3 is 5.32 Å². The van der Waals surface area contributed by atoms with Gasteiger partial charge in [0.2, 0.25) is 0 Å². The molecule has 1 saturated carbocycles. The molecule has 1 aliphatic rings. The van der Waals surface area contributed by atoms with Crippen molar-refractivity contribution in [3.63, 3.8) is 0 Å². The van der Waals surface area contributed by atoms with Crippen LogP contribution in [0.2, 0.25) is 0 Å². The van der Waals surface area contributed by atoms with Crippen molar-refractivity contribution in [3.05, 3.63) is 0 Å². The smallest absolute Gasteiger partial charge is 0.316 e. The number of hydrogen-bond acceptors (Lipinski definition) is 2. The van der Waals surface area contributed by atoms with Crippen molar-refractivity contribution in [2.45, 2.75) is 52.6 Å². The van der Waals surface area contributed by atoms with Gasteiger partial charge in [-0.15, -0.1) is 0 Å². The Morgan fingerprint density at radius 3 is 2.25 bits per heavy atom. The molecule has 0 amide bonds. The Labute approximate surface area is 121 Å². The summed E-state index contributed by atoms with van der Waals surface area (Å²) in [6.07, 6.45) is 0.242. The zero-order valence-electron chi connectivity index (χ0n) is 13.0. The summed E-state index contributed by atoms with van der Waals surface area (Å²) >= 11 is 0. The average molecular weight is 294 g/mol. The molecular formula is C15H29F3N2. The summed E-state index contributed by atoms with van der Waals surface area (Å²) in [6.45, 7) is 8.06. The predicted octanol–water partition coefficient (Wildman–Crippen LogP) is 3.68. The maximum atomic E-state index is 12.6. The Bertz CT molecular complexity index is 265. The molecule has 1 N–H and O–H groups in total. The van der Waals surface area contributed by atoms with Crippen LogP contribution in [0.25, 0.3) is 0 Å². The van der Waals surface area contributed by atoms with Crippen molar-refractivity contribution in [1.29, 1.82) is 0 Å². The normalized spacial score (nSPS) is 28.1. The van der Waals surface area contributed by atoms with E-state index in [1.165, 1.54) is 0 Å². The molecule has 20 heavy (non-hydrogen) atoms. The van der Waals surface area contributed by atoms with Crippen LogP contribution in [-0.2, 0) is 0 Å². The highest BCUT2D eigenvalue weighted by molar-refractivity contribution is 4.89. The Morgan fingerprint density at radius 1 is 1.20 bits per heavy atom. The van der Waals surface area contributed by atoms with Crippen LogP contribution in [0.15, 0.2) is 0 Å². The Kier molecular flexibility index (Phi) is 6.79. The third-order valence-corrected chi connectivity index (χ3v) is 4.49. The van der Waals surface area contributed by atoms with Crippen LogP contribution >= 0.6 is 0 Å². The van der Waals surface area contributed by atoms with E-state index in [9.17, 15) is 13.2 Å². The minimum atomic E-state index is -4.10. The first-order valence-electron chi connectivity index (χ1n) is 7.80. The fraction of sp³-hybridized carbons (Fsp3) is 1.00. The summed E-state index contributed by atoms with van der Waals surface area (Å²) in [5.41, 5.74) is 0.0176. The third kappa shape index (κ3) is 6.00. The Morgan fingerprint density at radius 2 is 1.80 bits per heavy atom. The van der Waals surface area contributed by atoms with E-state index in [1.807, 2.05) is 13.8 Å². The SMILES string of the molecule is CCNCC1(CN(CC)CC(F)(F)F)CCC(C)CC1. The molecule has 5 heteroatoms. The molecule has 0 aromatic rings. The second-order valence-electron chi connectivity index (χ2n) is 6.38. The van der Waals surface area contributed by atoms with E-state index in [4.69, 9.17) is 0 Å². The molecule has 1 rings (SSSR count). The minimum Gasteiger partial charge on any atom is -0.316 e. The van der Waals surface area contributed by atoms with Crippen LogP contribution in [0.1, 0.15) is 46.5 Å². The molecule has 1 aliphatic carbocycles. The first kappa shape index (κ1) is 17.8. The van der Waals surface area contributed by atoms with Gasteiger partial charge in [-0.1, -0.05) is 33.6 Å². The second kappa shape index (κ2) is 7.64. The maximum absolute atomic E-state index is 12.6. The summed E-state index contributed by atoms with van der Waals surface area (Å²) in [5.74, 6) is 0.711. The molecule has 0 aromatic heterocycles. The summed E-state index contributed by atoms with van der Waals surface area (Å²) < 4.78 is 37.9. The van der Waals surface area contributed by atoms with Crippen molar-refractivity contribution in [2.75, 3.05) is 32.7 Å². The van der Waals surface area contributed by atoms with Gasteiger partial charge in [-0.05, 0) is 37.3 Å². The molecule has 0 radical (unpaired) electrons. The maximum Gasteiger partial charge on any atom is 0.401 e. The fourth-order valence-corrected chi connectivity index (χ4v) is 3.16. The molecule has 0 unspecified atom stereocenters. The lowest BCUT2D eigenvalue weighted by Crippen LogP contribution is -2.48. The van der Waals surface area contributed by atoms with E-state index in [0.717, 1.165) is 38.8 Å². The topological polar surface area (TPSA) is 15.3 Å². The number of nitrogens with zero attached hydrogens (tertiary/aromatic N) is 1. The Balaban J connectivity index is 2.67. The van der Waals surface area contributed by atoms with Crippen LogP contribution in [-0.4, -0.2) is 43.8 Å². The Hall–Kier alpha value is -0.290. The van der Waals surface area contributed by atoms with Gasteiger partial charge in [0.25, 0.3) is 0 Å². The monoisotopic (exact) mass is 294 g/mol. The lowest BCUT2D eigenvalue weighted by atomic mass is 9.70. The second-order valence-corrected chi connectivity index (χ2v) is 6.38. The van der Waals surface area contributed by atoms with Crippen LogP contribution in [0.3, 0.4) is 0 Å². The van der Waals surface area contributed by atoms with E-state index >= 15 is 0 Å². The first-order valence-corrected chi connectivity index (χ1v) is 7.80. The van der Waals surface area contributed by atoms with Gasteiger partial charge in [0.15, 0.2) is 0 Å². The molecular weight excluding hydrogens is 265 g/mol. The number of alkyl halides is 3. The molecule has 0 aliphatic heterocycles. The lowest BCUT2D eigenvalue weighted by molar-refractivity contribution is -0.149. The highest BCUT2D eigenvalue weighted by atomic mass is 19.4. The van der Waals surface area contributed by atoms with Crippen molar-refractivity contribution >= 4 is 0 Å². The zero-order valence-corrected chi connectivity index (χ0v) is 13.0. The third-order valence-electron chi connectivity index (χ3n) is 4.49. The predicted molar refractivity (Wildman–Crippen MR) is 76.8 cm³/mol. The highest BCUT2D eigenvalue weighted by Gasteiger charge is 2.38. The first-order chi connectivity index (χ1) is 9.30. The fourth-order valence-electron chi connectivity index (χ4n) is 3.16. The molecule has 0 saturated heterocycles. The molecule has 2 nitrogen and oxygen atoms in total. The van der Waals surface area contributed by atoms with Gasteiger partial charge in [-0.3, -0.25) is 4.90 Å². The van der Waals surface area contributed by atoms with Gasteiger partial charge in [-0.2, -0.15) is 13.2 Å². The van der Waals surface area contributed by atoms with E-state index in [1.54, 1.807) is 4.90 Å². The van der Waals surface area contributed by atoms with Crippen molar-refractivity contribution in [3.8, 4) is 0 Å². The molecule has 0 atom stereocenters. The minimum absolute atomic E-state index is 0.0176. The highest BCUT2D eigenvalue weighted by Crippen LogP contribution is 2.39. The molecule has 0 aromatic carbocycles. The number of nitrogens with one attached hydrogen (secondary N) is 1. The largest absolute Gasteiger partial charge is 0.401 e. The number of rotatable bonds is 7. The van der Waals surface area contributed by atoms with E-state index in [-0.39, 0.29) is 5.41 Å². The summed E-state index contributed by atoms with van der Waals surface area (Å²) in [6, 6.07) is 0. The van der Waals surface area contributed by atoms with Crippen molar-refractivity contribution in [2.24, 2.45) is 11.3 Å². The number of hydrogen-bond donors (Lipinski definition) is 1. The van der Waals surface area contributed by atoms with Crippen molar-refractivity contribution < 1.29 is 13.2 Å². The van der Waals surface area contributed by atoms with E-state index < -0.39 is 12.7 Å². The zero-order chi connectivity index (χ0) is 15.2. The molecule has 0 spiro atoms. The molecule has 120 valence electrons. The van der Waals surface area contributed by atoms with Gasteiger partial charge >= 0.3 is 6.18 Å². The van der Waals surface area contributed by atoms with Crippen LogP contribution in [0.4, 0.5) is 13.2 Å². The average Bonchev–Trinajstić information content (AvgIpc) is 2.37. The van der Waals surface area contributed by atoms with E-state index in [0.29, 0.717) is 19.0 Å². The number of halogens is 3. The van der Waals surface area contributed by atoms with Gasteiger partial charge in [0, 0.05) is 13.1 Å². The summed E-state index contributed by atoms with van der Waals surface area (Å²) in [5, 5.41) is 3.36. The van der Waals surface area contributed by atoms with Crippen LogP contribution in [0, 0.1) is 11.3 Å². The molecule has 0 bridgehead atoms. The quantitative estimate of drug-likeness (QED) is 0.770. The van der Waals surface area contributed by atoms with E-state index in [2.05, 4.69) is 12.2 Å². The summed E-state index contributed by atoms with van der Waals surface area (Å²) in [7, 11) is 0. The van der Waals surface area contributed by atoms with Gasteiger partial charge in [0.05, 0.1) is 6.54 Å². The standard InChI is InChI=1S/C15H29F3N2/c1-4-19-10-14(8-6-13(3)7-9-14)11-20(5-2)12-15(16,17)18/h13,19H,4-12H2,1-3H3. The van der Waals surface area contributed by atoms with Gasteiger partial charge in [0.1, 0.15) is 0 Å².